The molecule has 3 rings (SSSR count). The number of halogens is 1. The summed E-state index contributed by atoms with van der Waals surface area (Å²) in [5.74, 6) is -0.398. The van der Waals surface area contributed by atoms with Crippen molar-refractivity contribution in [3.05, 3.63) is 70.8 Å². The van der Waals surface area contributed by atoms with Crippen molar-refractivity contribution in [2.24, 2.45) is 5.73 Å². The average molecular weight is 398 g/mol. The molecule has 0 aromatic heterocycles. The minimum Gasteiger partial charge on any atom is -0.366 e. The molecule has 148 valence electrons. The van der Waals surface area contributed by atoms with E-state index in [4.69, 9.17) is 17.3 Å². The summed E-state index contributed by atoms with van der Waals surface area (Å²) in [7, 11) is 2.06. The number of aryl methyl sites for hydroxylation is 2. The van der Waals surface area contributed by atoms with E-state index in [1.54, 1.807) is 0 Å². The van der Waals surface area contributed by atoms with Crippen LogP contribution in [0.1, 0.15) is 24.0 Å². The number of unbranched alkanes of at least 4 members (excludes halogenated alkanes) is 1. The minimum absolute atomic E-state index is 0.398. The lowest BCUT2D eigenvalue weighted by Gasteiger charge is -2.27. The predicted molar refractivity (Wildman–Crippen MR) is 117 cm³/mol. The molecule has 1 aliphatic heterocycles. The van der Waals surface area contributed by atoms with E-state index in [0.717, 1.165) is 50.3 Å². The molecule has 2 N–H and O–H groups in total. The van der Waals surface area contributed by atoms with E-state index in [2.05, 4.69) is 53.2 Å². The standard InChI is InChI=1S/C23H28ClN3O/c1-26(15-6-9-23(25)28)14-4-5-16-27-21-8-3-2-7-18(21)10-11-19-12-13-20(24)17-22(19)27/h2-3,6-9,12-13,17H,4-5,10-11,14-16H2,1H3,(H2,25,28)/b9-6+. The van der Waals surface area contributed by atoms with Crippen LogP contribution in [0, 0.1) is 0 Å². The van der Waals surface area contributed by atoms with Gasteiger partial charge in [0.2, 0.25) is 5.91 Å². The van der Waals surface area contributed by atoms with Gasteiger partial charge in [-0.3, -0.25) is 4.79 Å². The Bertz CT molecular complexity index is 849. The van der Waals surface area contributed by atoms with Gasteiger partial charge in [0.15, 0.2) is 0 Å². The van der Waals surface area contributed by atoms with Crippen molar-refractivity contribution in [2.75, 3.05) is 31.6 Å². The summed E-state index contributed by atoms with van der Waals surface area (Å²) < 4.78 is 0. The Morgan fingerprint density at radius 3 is 2.68 bits per heavy atom. The van der Waals surface area contributed by atoms with Crippen LogP contribution in [0.5, 0.6) is 0 Å². The van der Waals surface area contributed by atoms with Gasteiger partial charge in [-0.05, 0) is 74.7 Å². The third kappa shape index (κ3) is 5.37. The Morgan fingerprint density at radius 1 is 1.14 bits per heavy atom. The third-order valence-corrected chi connectivity index (χ3v) is 5.39. The molecule has 0 spiro atoms. The first kappa shape index (κ1) is 20.4. The summed E-state index contributed by atoms with van der Waals surface area (Å²) in [6.07, 6.45) is 7.47. The molecule has 0 aliphatic carbocycles. The number of hydrogen-bond acceptors (Lipinski definition) is 3. The molecule has 4 nitrogen and oxygen atoms in total. The number of carbonyl (C=O) groups excluding carboxylic acids is 1. The van der Waals surface area contributed by atoms with Gasteiger partial charge in [0, 0.05) is 29.5 Å². The zero-order valence-corrected chi connectivity index (χ0v) is 17.2. The number of para-hydroxylation sites is 1. The fourth-order valence-corrected chi connectivity index (χ4v) is 3.88. The third-order valence-electron chi connectivity index (χ3n) is 5.15. The number of nitrogens with two attached hydrogens (primary N) is 1. The van der Waals surface area contributed by atoms with Crippen LogP contribution in [-0.4, -0.2) is 37.5 Å². The molecular formula is C23H28ClN3O. The Morgan fingerprint density at radius 2 is 1.89 bits per heavy atom. The molecule has 0 bridgehead atoms. The normalized spacial score (nSPS) is 13.5. The van der Waals surface area contributed by atoms with Gasteiger partial charge < -0.3 is 15.5 Å². The van der Waals surface area contributed by atoms with Gasteiger partial charge in [0.05, 0.1) is 0 Å². The van der Waals surface area contributed by atoms with E-state index in [-0.39, 0.29) is 0 Å². The van der Waals surface area contributed by atoms with E-state index in [1.807, 2.05) is 12.1 Å². The second kappa shape index (κ2) is 9.76. The van der Waals surface area contributed by atoms with Crippen molar-refractivity contribution in [2.45, 2.75) is 25.7 Å². The van der Waals surface area contributed by atoms with Gasteiger partial charge in [-0.15, -0.1) is 0 Å². The van der Waals surface area contributed by atoms with Crippen molar-refractivity contribution < 1.29 is 4.79 Å². The number of amides is 1. The molecule has 1 amide bonds. The molecule has 2 aromatic rings. The first-order valence-corrected chi connectivity index (χ1v) is 10.2. The van der Waals surface area contributed by atoms with Crippen molar-refractivity contribution in [1.29, 1.82) is 0 Å². The average Bonchev–Trinajstić information content (AvgIpc) is 2.82. The molecule has 0 saturated carbocycles. The van der Waals surface area contributed by atoms with Crippen molar-refractivity contribution in [3.63, 3.8) is 0 Å². The number of nitrogens with zero attached hydrogens (tertiary/aromatic N) is 2. The molecule has 2 aromatic carbocycles. The number of benzene rings is 2. The molecule has 1 heterocycles. The van der Waals surface area contributed by atoms with Crippen LogP contribution in [0.3, 0.4) is 0 Å². The lowest BCUT2D eigenvalue weighted by molar-refractivity contribution is -0.113. The smallest absolute Gasteiger partial charge is 0.241 e. The zero-order valence-electron chi connectivity index (χ0n) is 16.4. The molecule has 0 unspecified atom stereocenters. The van der Waals surface area contributed by atoms with Gasteiger partial charge in [0.25, 0.3) is 0 Å². The van der Waals surface area contributed by atoms with E-state index >= 15 is 0 Å². The maximum atomic E-state index is 10.8. The van der Waals surface area contributed by atoms with Crippen LogP contribution in [0.15, 0.2) is 54.6 Å². The van der Waals surface area contributed by atoms with Crippen LogP contribution in [-0.2, 0) is 17.6 Å². The summed E-state index contributed by atoms with van der Waals surface area (Å²) in [5, 5.41) is 0.782. The second-order valence-electron chi connectivity index (χ2n) is 7.33. The SMILES string of the molecule is CN(C/C=C/C(N)=O)CCCCN1c2ccccc2CCc2ccc(Cl)cc21. The second-order valence-corrected chi connectivity index (χ2v) is 7.76. The quantitative estimate of drug-likeness (QED) is 0.532. The molecule has 5 heteroatoms. The highest BCUT2D eigenvalue weighted by Crippen LogP contribution is 2.37. The Labute approximate surface area is 172 Å². The molecule has 0 atom stereocenters. The molecule has 0 saturated heterocycles. The fourth-order valence-electron chi connectivity index (χ4n) is 3.72. The summed E-state index contributed by atoms with van der Waals surface area (Å²) in [5.41, 5.74) is 10.4. The van der Waals surface area contributed by atoms with E-state index < -0.39 is 5.91 Å². The van der Waals surface area contributed by atoms with Crippen molar-refractivity contribution in [1.82, 2.24) is 4.90 Å². The molecular weight excluding hydrogens is 370 g/mol. The van der Waals surface area contributed by atoms with Gasteiger partial charge >= 0.3 is 0 Å². The van der Waals surface area contributed by atoms with Gasteiger partial charge in [-0.25, -0.2) is 0 Å². The molecule has 28 heavy (non-hydrogen) atoms. The molecule has 0 fully saturated rings. The Kier molecular flexibility index (Phi) is 7.12. The maximum Gasteiger partial charge on any atom is 0.241 e. The Hall–Kier alpha value is -2.30. The maximum absolute atomic E-state index is 10.8. The van der Waals surface area contributed by atoms with E-state index in [9.17, 15) is 4.79 Å². The number of primary amides is 1. The van der Waals surface area contributed by atoms with Crippen LogP contribution >= 0.6 is 11.6 Å². The largest absolute Gasteiger partial charge is 0.366 e. The topological polar surface area (TPSA) is 49.6 Å². The van der Waals surface area contributed by atoms with Crippen molar-refractivity contribution >= 4 is 28.9 Å². The highest BCUT2D eigenvalue weighted by Gasteiger charge is 2.20. The lowest BCUT2D eigenvalue weighted by atomic mass is 10.0. The van der Waals surface area contributed by atoms with Crippen LogP contribution in [0.25, 0.3) is 0 Å². The molecule has 1 aliphatic rings. The fraction of sp³-hybridized carbons (Fsp3) is 0.348. The summed E-state index contributed by atoms with van der Waals surface area (Å²) in [6, 6.07) is 14.9. The summed E-state index contributed by atoms with van der Waals surface area (Å²) in [4.78, 5) is 15.4. The van der Waals surface area contributed by atoms with E-state index in [1.165, 1.54) is 28.6 Å². The zero-order chi connectivity index (χ0) is 19.9. The number of carbonyl (C=O) groups is 1. The van der Waals surface area contributed by atoms with E-state index in [0.29, 0.717) is 0 Å². The number of likely N-dealkylation sites (N-methyl/N-ethyl adjacent to an activating group) is 1. The Balaban J connectivity index is 1.66. The number of rotatable bonds is 8. The first-order chi connectivity index (χ1) is 13.5. The van der Waals surface area contributed by atoms with Gasteiger partial charge in [-0.1, -0.05) is 41.9 Å². The monoisotopic (exact) mass is 397 g/mol. The van der Waals surface area contributed by atoms with Crippen LogP contribution in [0.2, 0.25) is 5.02 Å². The predicted octanol–water partition coefficient (Wildman–Crippen LogP) is 4.33. The number of anilines is 2. The van der Waals surface area contributed by atoms with Crippen LogP contribution < -0.4 is 10.6 Å². The minimum atomic E-state index is -0.398. The number of hydrogen-bond donors (Lipinski definition) is 1. The number of fused-ring (bicyclic) bond motifs is 2. The van der Waals surface area contributed by atoms with Crippen molar-refractivity contribution in [3.8, 4) is 0 Å². The highest BCUT2D eigenvalue weighted by atomic mass is 35.5. The lowest BCUT2D eigenvalue weighted by Crippen LogP contribution is -2.23. The highest BCUT2D eigenvalue weighted by molar-refractivity contribution is 6.30. The van der Waals surface area contributed by atoms with Crippen LogP contribution in [0.4, 0.5) is 11.4 Å². The molecule has 0 radical (unpaired) electrons. The first-order valence-electron chi connectivity index (χ1n) is 9.83. The summed E-state index contributed by atoms with van der Waals surface area (Å²) >= 11 is 6.32. The van der Waals surface area contributed by atoms with Gasteiger partial charge in [-0.2, -0.15) is 0 Å². The van der Waals surface area contributed by atoms with Gasteiger partial charge in [0.1, 0.15) is 0 Å². The summed E-state index contributed by atoms with van der Waals surface area (Å²) in [6.45, 7) is 2.66.